The predicted molar refractivity (Wildman–Crippen MR) is 147 cm³/mol. The van der Waals surface area contributed by atoms with E-state index in [1.165, 1.54) is 37.0 Å². The summed E-state index contributed by atoms with van der Waals surface area (Å²) >= 11 is 0. The fourth-order valence-electron chi connectivity index (χ4n) is 5.39. The number of hydrogen-bond acceptors (Lipinski definition) is 5. The van der Waals surface area contributed by atoms with Crippen LogP contribution in [0.3, 0.4) is 0 Å². The summed E-state index contributed by atoms with van der Waals surface area (Å²) in [6, 6.07) is 15.0. The first-order valence-corrected chi connectivity index (χ1v) is 13.0. The molecule has 188 valence electrons. The van der Waals surface area contributed by atoms with Crippen LogP contribution in [0.4, 0.5) is 4.39 Å². The highest BCUT2D eigenvalue weighted by Crippen LogP contribution is 2.33. The molecule has 0 amide bonds. The lowest BCUT2D eigenvalue weighted by molar-refractivity contribution is 0.220. The Kier molecular flexibility index (Phi) is 5.66. The van der Waals surface area contributed by atoms with Crippen molar-refractivity contribution >= 4 is 21.9 Å². The van der Waals surface area contributed by atoms with Gasteiger partial charge in [0.1, 0.15) is 11.5 Å². The normalized spacial score (nSPS) is 14.4. The van der Waals surface area contributed by atoms with Gasteiger partial charge in [0.25, 0.3) is 0 Å². The van der Waals surface area contributed by atoms with E-state index >= 15 is 0 Å². The number of piperidine rings is 1. The highest BCUT2D eigenvalue weighted by atomic mass is 19.1. The number of likely N-dealkylation sites (tertiary alicyclic amines) is 1. The van der Waals surface area contributed by atoms with E-state index in [-0.39, 0.29) is 5.82 Å². The lowest BCUT2D eigenvalue weighted by atomic mass is 10.0. The number of fused-ring (bicyclic) bond motifs is 2. The van der Waals surface area contributed by atoms with Crippen molar-refractivity contribution < 1.29 is 4.39 Å². The first-order chi connectivity index (χ1) is 18.7. The molecule has 7 rings (SSSR count). The van der Waals surface area contributed by atoms with Crippen molar-refractivity contribution in [2.75, 3.05) is 13.1 Å². The van der Waals surface area contributed by atoms with Gasteiger partial charge in [0.05, 0.1) is 22.7 Å². The van der Waals surface area contributed by atoms with Gasteiger partial charge in [-0.3, -0.25) is 20.0 Å². The van der Waals surface area contributed by atoms with Gasteiger partial charge in [-0.05, 0) is 73.0 Å². The second kappa shape index (κ2) is 9.46. The number of halogens is 1. The fourth-order valence-corrected chi connectivity index (χ4v) is 5.39. The van der Waals surface area contributed by atoms with Gasteiger partial charge in [0.2, 0.25) is 0 Å². The van der Waals surface area contributed by atoms with Crippen molar-refractivity contribution in [3.05, 3.63) is 84.7 Å². The molecule has 0 bridgehead atoms. The first kappa shape index (κ1) is 22.7. The molecule has 4 aromatic heterocycles. The molecule has 0 spiro atoms. The molecule has 1 aliphatic rings. The lowest BCUT2D eigenvalue weighted by Crippen LogP contribution is -2.29. The average Bonchev–Trinajstić information content (AvgIpc) is 3.57. The smallest absolute Gasteiger partial charge is 0.159 e. The van der Waals surface area contributed by atoms with Gasteiger partial charge in [-0.25, -0.2) is 9.37 Å². The maximum atomic E-state index is 13.9. The van der Waals surface area contributed by atoms with Crippen molar-refractivity contribution in [3.8, 4) is 33.8 Å². The Morgan fingerprint density at radius 2 is 1.71 bits per heavy atom. The molecule has 0 radical (unpaired) electrons. The molecule has 5 heterocycles. The van der Waals surface area contributed by atoms with Crippen LogP contribution in [0, 0.1) is 5.82 Å². The molecule has 8 heteroatoms. The number of H-pyrrole nitrogens is 2. The molecular weight excluding hydrogens is 477 g/mol. The van der Waals surface area contributed by atoms with Crippen LogP contribution in [0.2, 0.25) is 0 Å². The zero-order valence-electron chi connectivity index (χ0n) is 20.8. The average molecular weight is 504 g/mol. The van der Waals surface area contributed by atoms with Crippen LogP contribution >= 0.6 is 0 Å². The Morgan fingerprint density at radius 3 is 2.61 bits per heavy atom. The van der Waals surface area contributed by atoms with E-state index in [2.05, 4.69) is 48.2 Å². The zero-order valence-corrected chi connectivity index (χ0v) is 20.8. The number of hydrogen-bond donors (Lipinski definition) is 2. The molecule has 0 aliphatic carbocycles. The number of benzene rings is 2. The van der Waals surface area contributed by atoms with E-state index in [0.29, 0.717) is 5.82 Å². The zero-order chi connectivity index (χ0) is 25.5. The minimum Gasteiger partial charge on any atom is -0.335 e. The summed E-state index contributed by atoms with van der Waals surface area (Å²) in [7, 11) is 0. The number of aromatic amines is 2. The van der Waals surface area contributed by atoms with Crippen molar-refractivity contribution in [2.45, 2.75) is 25.8 Å². The Hall–Kier alpha value is -4.43. The number of pyridine rings is 2. The quantitative estimate of drug-likeness (QED) is 0.286. The predicted octanol–water partition coefficient (Wildman–Crippen LogP) is 6.36. The maximum absolute atomic E-state index is 13.9. The Morgan fingerprint density at radius 1 is 0.816 bits per heavy atom. The van der Waals surface area contributed by atoms with Crippen LogP contribution in [-0.2, 0) is 6.54 Å². The van der Waals surface area contributed by atoms with Crippen LogP contribution in [0.1, 0.15) is 24.8 Å². The van der Waals surface area contributed by atoms with Gasteiger partial charge < -0.3 is 4.98 Å². The summed E-state index contributed by atoms with van der Waals surface area (Å²) in [6.45, 7) is 3.24. The van der Waals surface area contributed by atoms with E-state index < -0.39 is 0 Å². The molecule has 2 N–H and O–H groups in total. The molecule has 1 aliphatic heterocycles. The monoisotopic (exact) mass is 503 g/mol. The third-order valence-corrected chi connectivity index (χ3v) is 7.30. The largest absolute Gasteiger partial charge is 0.335 e. The Labute approximate surface area is 218 Å². The molecule has 1 saturated heterocycles. The molecule has 38 heavy (non-hydrogen) atoms. The van der Waals surface area contributed by atoms with E-state index in [4.69, 9.17) is 4.98 Å². The van der Waals surface area contributed by atoms with Gasteiger partial charge in [-0.2, -0.15) is 5.10 Å². The standard InChI is InChI=1S/C30H26FN7/c31-23-6-4-5-21(12-23)25-16-33-17-27-28(25)35-30(34-27)29-24-13-20(7-8-26(24)36-37-29)22-11-19(14-32-15-22)18-38-9-2-1-3-10-38/h4-8,11-17H,1-3,9-10,18H2,(H,34,35)(H,36,37). The van der Waals surface area contributed by atoms with Gasteiger partial charge in [-0.15, -0.1) is 0 Å². The number of nitrogens with one attached hydrogen (secondary N) is 2. The molecular formula is C30H26FN7. The Bertz CT molecular complexity index is 1760. The number of imidazole rings is 1. The van der Waals surface area contributed by atoms with Crippen molar-refractivity contribution in [3.63, 3.8) is 0 Å². The SMILES string of the molecule is Fc1cccc(-c2cncc3[nH]c(-c4n[nH]c5ccc(-c6cncc(CN7CCCCC7)c6)cc45)nc23)c1. The highest BCUT2D eigenvalue weighted by Gasteiger charge is 2.17. The molecule has 0 unspecified atom stereocenters. The van der Waals surface area contributed by atoms with Crippen LogP contribution in [-0.4, -0.2) is 48.1 Å². The molecule has 7 nitrogen and oxygen atoms in total. The summed E-state index contributed by atoms with van der Waals surface area (Å²) in [6.07, 6.45) is 11.2. The van der Waals surface area contributed by atoms with Gasteiger partial charge >= 0.3 is 0 Å². The van der Waals surface area contributed by atoms with Crippen LogP contribution in [0.5, 0.6) is 0 Å². The number of aromatic nitrogens is 6. The van der Waals surface area contributed by atoms with E-state index in [1.807, 2.05) is 24.5 Å². The summed E-state index contributed by atoms with van der Waals surface area (Å²) in [5.41, 5.74) is 8.01. The van der Waals surface area contributed by atoms with Gasteiger partial charge in [0.15, 0.2) is 5.82 Å². The van der Waals surface area contributed by atoms with Crippen LogP contribution in [0.15, 0.2) is 73.3 Å². The topological polar surface area (TPSA) is 86.4 Å². The summed E-state index contributed by atoms with van der Waals surface area (Å²) < 4.78 is 13.9. The van der Waals surface area contributed by atoms with Gasteiger partial charge in [0, 0.05) is 41.6 Å². The van der Waals surface area contributed by atoms with Crippen molar-refractivity contribution in [1.29, 1.82) is 0 Å². The molecule has 1 fully saturated rings. The molecule has 2 aromatic carbocycles. The lowest BCUT2D eigenvalue weighted by Gasteiger charge is -2.26. The second-order valence-corrected chi connectivity index (χ2v) is 9.93. The first-order valence-electron chi connectivity index (χ1n) is 13.0. The summed E-state index contributed by atoms with van der Waals surface area (Å²) in [4.78, 5) is 19.6. The third-order valence-electron chi connectivity index (χ3n) is 7.30. The molecule has 0 saturated carbocycles. The fraction of sp³-hybridized carbons (Fsp3) is 0.200. The highest BCUT2D eigenvalue weighted by molar-refractivity contribution is 5.98. The van der Waals surface area contributed by atoms with Crippen LogP contribution in [0.25, 0.3) is 55.7 Å². The minimum atomic E-state index is -0.296. The van der Waals surface area contributed by atoms with Gasteiger partial charge in [-0.1, -0.05) is 24.6 Å². The molecule has 6 aromatic rings. The van der Waals surface area contributed by atoms with E-state index in [0.717, 1.165) is 69.5 Å². The van der Waals surface area contributed by atoms with E-state index in [9.17, 15) is 4.39 Å². The number of nitrogens with zero attached hydrogens (tertiary/aromatic N) is 5. The second-order valence-electron chi connectivity index (χ2n) is 9.93. The number of rotatable bonds is 5. The third kappa shape index (κ3) is 4.22. The van der Waals surface area contributed by atoms with Crippen molar-refractivity contribution in [1.82, 2.24) is 35.0 Å². The van der Waals surface area contributed by atoms with Crippen LogP contribution < -0.4 is 0 Å². The Balaban J connectivity index is 1.26. The summed E-state index contributed by atoms with van der Waals surface area (Å²) in [5.74, 6) is 0.335. The summed E-state index contributed by atoms with van der Waals surface area (Å²) in [5, 5.41) is 8.68. The minimum absolute atomic E-state index is 0.296. The van der Waals surface area contributed by atoms with Crippen molar-refractivity contribution in [2.24, 2.45) is 0 Å². The maximum Gasteiger partial charge on any atom is 0.159 e. The molecule has 0 atom stereocenters. The van der Waals surface area contributed by atoms with E-state index in [1.54, 1.807) is 18.5 Å².